The van der Waals surface area contributed by atoms with Crippen LogP contribution in [0.5, 0.6) is 5.75 Å². The number of amides is 1. The summed E-state index contributed by atoms with van der Waals surface area (Å²) in [6.45, 7) is 0.247. The first-order valence-corrected chi connectivity index (χ1v) is 7.99. The Bertz CT molecular complexity index is 699. The van der Waals surface area contributed by atoms with Crippen LogP contribution in [0.1, 0.15) is 16.1 Å². The Hall–Kier alpha value is -2.45. The molecule has 0 aliphatic carbocycles. The van der Waals surface area contributed by atoms with Crippen molar-refractivity contribution in [2.45, 2.75) is 12.5 Å². The maximum atomic E-state index is 12.2. The lowest BCUT2D eigenvalue weighted by molar-refractivity contribution is -0.139. The summed E-state index contributed by atoms with van der Waals surface area (Å²) in [5.41, 5.74) is 0.856. The van der Waals surface area contributed by atoms with Gasteiger partial charge in [-0.2, -0.15) is 0 Å². The molecule has 1 amide bonds. The van der Waals surface area contributed by atoms with Gasteiger partial charge in [-0.25, -0.2) is 9.78 Å². The molecule has 2 rings (SSSR count). The quantitative estimate of drug-likeness (QED) is 0.756. The number of nitrogens with one attached hydrogen (secondary N) is 1. The van der Waals surface area contributed by atoms with Gasteiger partial charge in [-0.1, -0.05) is 0 Å². The van der Waals surface area contributed by atoms with Crippen LogP contribution in [0.15, 0.2) is 30.5 Å². The normalized spacial score (nSPS) is 11.8. The summed E-state index contributed by atoms with van der Waals surface area (Å²) in [6, 6.07) is 6.31. The number of carbonyl (C=O) groups excluding carboxylic acids is 1. The van der Waals surface area contributed by atoms with E-state index in [0.29, 0.717) is 9.88 Å². The summed E-state index contributed by atoms with van der Waals surface area (Å²) in [5, 5.41) is 12.3. The highest BCUT2D eigenvalue weighted by Gasteiger charge is 2.21. The highest BCUT2D eigenvalue weighted by atomic mass is 32.1. The van der Waals surface area contributed by atoms with E-state index in [9.17, 15) is 9.59 Å². The number of carbonyl (C=O) groups is 2. The monoisotopic (exact) mass is 350 g/mol. The number of rotatable bonds is 8. The van der Waals surface area contributed by atoms with Crippen LogP contribution in [-0.4, -0.2) is 48.8 Å². The molecule has 0 spiro atoms. The molecule has 0 fully saturated rings. The fourth-order valence-electron chi connectivity index (χ4n) is 1.97. The molecular weight excluding hydrogens is 332 g/mol. The molecule has 0 radical (unpaired) electrons. The first-order chi connectivity index (χ1) is 11.5. The van der Waals surface area contributed by atoms with Crippen molar-refractivity contribution in [2.24, 2.45) is 0 Å². The molecule has 1 heterocycles. The van der Waals surface area contributed by atoms with Crippen LogP contribution in [0.3, 0.4) is 0 Å². The van der Waals surface area contributed by atoms with Gasteiger partial charge in [0.05, 0.1) is 13.3 Å². The number of methoxy groups -OCH3 is 2. The standard InChI is InChI=1S/C16H18N2O5S/c1-22-8-7-12(16(20)21)18-14(19)13-9-17-15(24-13)10-3-5-11(23-2)6-4-10/h3-6,9,12H,7-8H2,1-2H3,(H,18,19)(H,20,21). The molecule has 1 aromatic carbocycles. The van der Waals surface area contributed by atoms with Gasteiger partial charge in [0, 0.05) is 25.7 Å². The van der Waals surface area contributed by atoms with Gasteiger partial charge in [-0.15, -0.1) is 11.3 Å². The van der Waals surface area contributed by atoms with Crippen molar-refractivity contribution >= 4 is 23.2 Å². The molecule has 0 bridgehead atoms. The largest absolute Gasteiger partial charge is 0.497 e. The lowest BCUT2D eigenvalue weighted by Crippen LogP contribution is -2.41. The summed E-state index contributed by atoms with van der Waals surface area (Å²) in [6.07, 6.45) is 1.64. The van der Waals surface area contributed by atoms with Crippen LogP contribution in [0.25, 0.3) is 10.6 Å². The second-order valence-electron chi connectivity index (χ2n) is 4.90. The third kappa shape index (κ3) is 4.53. The molecule has 1 aromatic heterocycles. The predicted octanol–water partition coefficient (Wildman–Crippen LogP) is 2.04. The van der Waals surface area contributed by atoms with E-state index in [2.05, 4.69) is 10.3 Å². The smallest absolute Gasteiger partial charge is 0.326 e. The molecule has 7 nitrogen and oxygen atoms in total. The molecule has 0 saturated heterocycles. The van der Waals surface area contributed by atoms with Gasteiger partial charge >= 0.3 is 5.97 Å². The van der Waals surface area contributed by atoms with Crippen molar-refractivity contribution in [3.8, 4) is 16.3 Å². The van der Waals surface area contributed by atoms with Crippen LogP contribution in [0, 0.1) is 0 Å². The minimum atomic E-state index is -1.10. The number of ether oxygens (including phenoxy) is 2. The maximum absolute atomic E-state index is 12.2. The number of carboxylic acid groups (broad SMARTS) is 1. The zero-order chi connectivity index (χ0) is 17.5. The Morgan fingerprint density at radius 3 is 2.58 bits per heavy atom. The van der Waals surface area contributed by atoms with Gasteiger partial charge in [0.1, 0.15) is 21.7 Å². The van der Waals surface area contributed by atoms with Crippen LogP contribution in [0.2, 0.25) is 0 Å². The van der Waals surface area contributed by atoms with E-state index < -0.39 is 17.9 Å². The number of hydrogen-bond donors (Lipinski definition) is 2. The molecule has 0 aliphatic rings. The second kappa shape index (κ2) is 8.42. The summed E-state index contributed by atoms with van der Waals surface area (Å²) < 4.78 is 9.96. The zero-order valence-corrected chi connectivity index (χ0v) is 14.1. The van der Waals surface area contributed by atoms with Crippen molar-refractivity contribution < 1.29 is 24.2 Å². The number of carboxylic acids is 1. The minimum Gasteiger partial charge on any atom is -0.497 e. The fraction of sp³-hybridized carbons (Fsp3) is 0.312. The third-order valence-corrected chi connectivity index (χ3v) is 4.33. The first kappa shape index (κ1) is 17.9. The number of thiazole rings is 1. The minimum absolute atomic E-state index is 0.196. The molecule has 0 aliphatic heterocycles. The average molecular weight is 350 g/mol. The molecule has 1 unspecified atom stereocenters. The molecule has 128 valence electrons. The number of aromatic nitrogens is 1. The molecular formula is C16H18N2O5S. The highest BCUT2D eigenvalue weighted by molar-refractivity contribution is 7.16. The number of aliphatic carboxylic acids is 1. The molecule has 1 atom stereocenters. The van der Waals surface area contributed by atoms with Crippen molar-refractivity contribution in [1.29, 1.82) is 0 Å². The number of benzene rings is 1. The van der Waals surface area contributed by atoms with E-state index in [1.54, 1.807) is 7.11 Å². The molecule has 2 N–H and O–H groups in total. The predicted molar refractivity (Wildman–Crippen MR) is 89.5 cm³/mol. The lowest BCUT2D eigenvalue weighted by Gasteiger charge is -2.12. The van der Waals surface area contributed by atoms with E-state index in [-0.39, 0.29) is 13.0 Å². The van der Waals surface area contributed by atoms with Gasteiger partial charge in [0.25, 0.3) is 5.91 Å². The Balaban J connectivity index is 2.08. The average Bonchev–Trinajstić information content (AvgIpc) is 3.08. The Labute approximate surface area is 143 Å². The second-order valence-corrected chi connectivity index (χ2v) is 5.93. The zero-order valence-electron chi connectivity index (χ0n) is 13.3. The number of hydrogen-bond acceptors (Lipinski definition) is 6. The summed E-state index contributed by atoms with van der Waals surface area (Å²) in [7, 11) is 3.06. The van der Waals surface area contributed by atoms with Crippen molar-refractivity contribution in [1.82, 2.24) is 10.3 Å². The van der Waals surface area contributed by atoms with Gasteiger partial charge in [-0.3, -0.25) is 4.79 Å². The van der Waals surface area contributed by atoms with Crippen LogP contribution in [0.4, 0.5) is 0 Å². The van der Waals surface area contributed by atoms with Crippen molar-refractivity contribution in [2.75, 3.05) is 20.8 Å². The van der Waals surface area contributed by atoms with E-state index >= 15 is 0 Å². The van der Waals surface area contributed by atoms with Crippen LogP contribution < -0.4 is 10.1 Å². The van der Waals surface area contributed by atoms with E-state index in [1.165, 1.54) is 24.6 Å². The van der Waals surface area contributed by atoms with Crippen LogP contribution in [-0.2, 0) is 9.53 Å². The van der Waals surface area contributed by atoms with Gasteiger partial charge in [-0.05, 0) is 24.3 Å². The van der Waals surface area contributed by atoms with E-state index in [1.807, 2.05) is 24.3 Å². The highest BCUT2D eigenvalue weighted by Crippen LogP contribution is 2.26. The molecule has 8 heteroatoms. The van der Waals surface area contributed by atoms with Crippen LogP contribution >= 0.6 is 11.3 Å². The number of nitrogens with zero attached hydrogens (tertiary/aromatic N) is 1. The topological polar surface area (TPSA) is 97.8 Å². The van der Waals surface area contributed by atoms with E-state index in [4.69, 9.17) is 14.6 Å². The molecule has 24 heavy (non-hydrogen) atoms. The SMILES string of the molecule is COCCC(NC(=O)c1cnc(-c2ccc(OC)cc2)s1)C(=O)O. The molecule has 2 aromatic rings. The third-order valence-electron chi connectivity index (χ3n) is 3.28. The van der Waals surface area contributed by atoms with Crippen molar-refractivity contribution in [3.63, 3.8) is 0 Å². The maximum Gasteiger partial charge on any atom is 0.326 e. The van der Waals surface area contributed by atoms with Gasteiger partial charge in [0.15, 0.2) is 0 Å². The molecule has 0 saturated carbocycles. The van der Waals surface area contributed by atoms with E-state index in [0.717, 1.165) is 11.3 Å². The van der Waals surface area contributed by atoms with Crippen molar-refractivity contribution in [3.05, 3.63) is 35.3 Å². The first-order valence-electron chi connectivity index (χ1n) is 7.18. The Kier molecular flexibility index (Phi) is 6.28. The fourth-order valence-corrected chi connectivity index (χ4v) is 2.79. The van der Waals surface area contributed by atoms with Gasteiger partial charge in [0.2, 0.25) is 0 Å². The Morgan fingerprint density at radius 2 is 2.00 bits per heavy atom. The lowest BCUT2D eigenvalue weighted by atomic mass is 10.2. The summed E-state index contributed by atoms with van der Waals surface area (Å²) >= 11 is 1.20. The summed E-state index contributed by atoms with van der Waals surface area (Å²) in [4.78, 5) is 27.9. The summed E-state index contributed by atoms with van der Waals surface area (Å²) in [5.74, 6) is -0.827. The van der Waals surface area contributed by atoms with Gasteiger partial charge < -0.3 is 19.9 Å². The Morgan fingerprint density at radius 1 is 1.29 bits per heavy atom.